The molecule has 0 radical (unpaired) electrons. The molecule has 0 aromatic heterocycles. The van der Waals surface area contributed by atoms with Gasteiger partial charge in [-0.15, -0.1) is 0 Å². The Morgan fingerprint density at radius 1 is 1.06 bits per heavy atom. The van der Waals surface area contributed by atoms with Gasteiger partial charge in [-0.05, 0) is 26.7 Å². The van der Waals surface area contributed by atoms with E-state index in [-0.39, 0.29) is 18.8 Å². The third kappa shape index (κ3) is 5.25. The normalized spacial score (nSPS) is 13.1. The first-order chi connectivity index (χ1) is 7.45. The minimum Gasteiger partial charge on any atom is -0.396 e. The van der Waals surface area contributed by atoms with Gasteiger partial charge in [-0.3, -0.25) is 0 Å². The lowest BCUT2D eigenvalue weighted by atomic mass is 9.77. The number of hydrogen-bond donors (Lipinski definition) is 2. The highest BCUT2D eigenvalue weighted by Crippen LogP contribution is 2.33. The fourth-order valence-corrected chi connectivity index (χ4v) is 1.87. The molecule has 4 heteroatoms. The van der Waals surface area contributed by atoms with Crippen LogP contribution in [0.3, 0.4) is 0 Å². The highest BCUT2D eigenvalue weighted by molar-refractivity contribution is 4.85. The zero-order chi connectivity index (χ0) is 12.7. The molecule has 0 rings (SSSR count). The zero-order valence-corrected chi connectivity index (χ0v) is 11.0. The van der Waals surface area contributed by atoms with E-state index in [9.17, 15) is 10.2 Å². The molecule has 0 saturated heterocycles. The monoisotopic (exact) mass is 234 g/mol. The Morgan fingerprint density at radius 3 is 2.00 bits per heavy atom. The lowest BCUT2D eigenvalue weighted by Gasteiger charge is -2.37. The van der Waals surface area contributed by atoms with Gasteiger partial charge in [-0.25, -0.2) is 0 Å². The van der Waals surface area contributed by atoms with Gasteiger partial charge in [0.2, 0.25) is 0 Å². The molecular weight excluding hydrogens is 208 g/mol. The molecule has 0 aliphatic rings. The standard InChI is InChI=1S/C12H26O4/c1-5-12(9-13,10-14)8-11(2,3)16-7-6-15-4/h13-14H,5-10H2,1-4H3. The van der Waals surface area contributed by atoms with Crippen molar-refractivity contribution in [2.75, 3.05) is 33.5 Å². The minimum absolute atomic E-state index is 0.0168. The van der Waals surface area contributed by atoms with Crippen LogP contribution in [0.1, 0.15) is 33.6 Å². The van der Waals surface area contributed by atoms with Gasteiger partial charge < -0.3 is 19.7 Å². The van der Waals surface area contributed by atoms with Crippen LogP contribution in [0.4, 0.5) is 0 Å². The van der Waals surface area contributed by atoms with Gasteiger partial charge in [0.15, 0.2) is 0 Å². The Labute approximate surface area is 98.6 Å². The summed E-state index contributed by atoms with van der Waals surface area (Å²) in [4.78, 5) is 0. The smallest absolute Gasteiger partial charge is 0.0707 e. The lowest BCUT2D eigenvalue weighted by molar-refractivity contribution is -0.0868. The van der Waals surface area contributed by atoms with Crippen LogP contribution < -0.4 is 0 Å². The first kappa shape index (κ1) is 15.8. The van der Waals surface area contributed by atoms with Crippen LogP contribution in [0.25, 0.3) is 0 Å². The summed E-state index contributed by atoms with van der Waals surface area (Å²) in [6.07, 6.45) is 1.37. The molecule has 0 saturated carbocycles. The van der Waals surface area contributed by atoms with E-state index in [2.05, 4.69) is 0 Å². The average molecular weight is 234 g/mol. The number of rotatable bonds is 9. The van der Waals surface area contributed by atoms with E-state index in [1.54, 1.807) is 7.11 Å². The maximum absolute atomic E-state index is 9.37. The van der Waals surface area contributed by atoms with Crippen molar-refractivity contribution in [1.29, 1.82) is 0 Å². The van der Waals surface area contributed by atoms with Crippen LogP contribution in [0, 0.1) is 5.41 Å². The van der Waals surface area contributed by atoms with E-state index in [0.717, 1.165) is 6.42 Å². The SMILES string of the molecule is CCC(CO)(CO)CC(C)(C)OCCOC. The maximum Gasteiger partial charge on any atom is 0.0707 e. The molecule has 0 aliphatic carbocycles. The molecule has 0 aromatic carbocycles. The Kier molecular flexibility index (Phi) is 7.15. The third-order valence-corrected chi connectivity index (χ3v) is 3.00. The summed E-state index contributed by atoms with van der Waals surface area (Å²) in [5.74, 6) is 0. The number of methoxy groups -OCH3 is 1. The van der Waals surface area contributed by atoms with Crippen molar-refractivity contribution in [3.05, 3.63) is 0 Å². The van der Waals surface area contributed by atoms with E-state index >= 15 is 0 Å². The molecule has 0 bridgehead atoms. The van der Waals surface area contributed by atoms with Crippen LogP contribution in [-0.4, -0.2) is 49.4 Å². The maximum atomic E-state index is 9.37. The van der Waals surface area contributed by atoms with Crippen LogP contribution >= 0.6 is 0 Å². The van der Waals surface area contributed by atoms with Gasteiger partial charge in [0, 0.05) is 12.5 Å². The average Bonchev–Trinajstić information content (AvgIpc) is 2.26. The van der Waals surface area contributed by atoms with Crippen LogP contribution in [0.15, 0.2) is 0 Å². The summed E-state index contributed by atoms with van der Waals surface area (Å²) in [6.45, 7) is 6.96. The fraction of sp³-hybridized carbons (Fsp3) is 1.00. The first-order valence-electron chi connectivity index (χ1n) is 5.80. The first-order valence-corrected chi connectivity index (χ1v) is 5.80. The van der Waals surface area contributed by atoms with Gasteiger partial charge in [-0.1, -0.05) is 6.92 Å². The Bertz CT molecular complexity index is 168. The molecule has 0 unspecified atom stereocenters. The van der Waals surface area contributed by atoms with Crippen molar-refractivity contribution in [3.8, 4) is 0 Å². The zero-order valence-electron chi connectivity index (χ0n) is 11.0. The predicted octanol–water partition coefficient (Wildman–Crippen LogP) is 1.20. The van der Waals surface area contributed by atoms with Gasteiger partial charge in [0.1, 0.15) is 0 Å². The molecule has 0 aromatic rings. The molecule has 2 N–H and O–H groups in total. The van der Waals surface area contributed by atoms with Crippen molar-refractivity contribution in [2.24, 2.45) is 5.41 Å². The number of ether oxygens (including phenoxy) is 2. The van der Waals surface area contributed by atoms with Crippen LogP contribution in [0.5, 0.6) is 0 Å². The molecule has 0 amide bonds. The molecular formula is C12H26O4. The number of aliphatic hydroxyl groups excluding tert-OH is 2. The van der Waals surface area contributed by atoms with Crippen molar-refractivity contribution >= 4 is 0 Å². The molecule has 0 fully saturated rings. The summed E-state index contributed by atoms with van der Waals surface area (Å²) in [5.41, 5.74) is -0.809. The Morgan fingerprint density at radius 2 is 1.62 bits per heavy atom. The van der Waals surface area contributed by atoms with Crippen LogP contribution in [0.2, 0.25) is 0 Å². The van der Waals surface area contributed by atoms with Gasteiger partial charge >= 0.3 is 0 Å². The molecule has 4 nitrogen and oxygen atoms in total. The summed E-state index contributed by atoms with van der Waals surface area (Å²) < 4.78 is 10.6. The van der Waals surface area contributed by atoms with Crippen molar-refractivity contribution in [3.63, 3.8) is 0 Å². The highest BCUT2D eigenvalue weighted by atomic mass is 16.5. The third-order valence-electron chi connectivity index (χ3n) is 3.00. The second-order valence-corrected chi connectivity index (χ2v) is 4.95. The number of aliphatic hydroxyl groups is 2. The minimum atomic E-state index is -0.448. The van der Waals surface area contributed by atoms with E-state index in [1.807, 2.05) is 20.8 Å². The fourth-order valence-electron chi connectivity index (χ4n) is 1.87. The molecule has 0 aliphatic heterocycles. The summed E-state index contributed by atoms with van der Waals surface area (Å²) >= 11 is 0. The predicted molar refractivity (Wildman–Crippen MR) is 63.4 cm³/mol. The van der Waals surface area contributed by atoms with Crippen LogP contribution in [-0.2, 0) is 9.47 Å². The van der Waals surface area contributed by atoms with Crippen molar-refractivity contribution in [1.82, 2.24) is 0 Å². The second kappa shape index (κ2) is 7.22. The Hall–Kier alpha value is -0.160. The van der Waals surface area contributed by atoms with E-state index < -0.39 is 5.41 Å². The highest BCUT2D eigenvalue weighted by Gasteiger charge is 2.34. The largest absolute Gasteiger partial charge is 0.396 e. The van der Waals surface area contributed by atoms with Gasteiger partial charge in [0.25, 0.3) is 0 Å². The molecule has 0 spiro atoms. The van der Waals surface area contributed by atoms with Crippen molar-refractivity contribution in [2.45, 2.75) is 39.2 Å². The Balaban J connectivity index is 4.29. The summed E-state index contributed by atoms with van der Waals surface area (Å²) in [6, 6.07) is 0. The number of hydrogen-bond acceptors (Lipinski definition) is 4. The molecule has 98 valence electrons. The molecule has 0 heterocycles. The molecule has 16 heavy (non-hydrogen) atoms. The van der Waals surface area contributed by atoms with Gasteiger partial charge in [-0.2, -0.15) is 0 Å². The topological polar surface area (TPSA) is 58.9 Å². The summed E-state index contributed by atoms with van der Waals surface area (Å²) in [7, 11) is 1.63. The molecule has 0 atom stereocenters. The van der Waals surface area contributed by atoms with E-state index in [1.165, 1.54) is 0 Å². The quantitative estimate of drug-likeness (QED) is 0.589. The van der Waals surface area contributed by atoms with E-state index in [4.69, 9.17) is 9.47 Å². The second-order valence-electron chi connectivity index (χ2n) is 4.95. The van der Waals surface area contributed by atoms with Crippen molar-refractivity contribution < 1.29 is 19.7 Å². The summed E-state index contributed by atoms with van der Waals surface area (Å²) in [5, 5.41) is 18.7. The van der Waals surface area contributed by atoms with Gasteiger partial charge in [0.05, 0.1) is 32.0 Å². The lowest BCUT2D eigenvalue weighted by Crippen LogP contribution is -2.39. The van der Waals surface area contributed by atoms with E-state index in [0.29, 0.717) is 19.6 Å².